The van der Waals surface area contributed by atoms with E-state index in [0.717, 1.165) is 17.7 Å². The number of nitrogens with zero attached hydrogens (tertiary/aromatic N) is 1. The van der Waals surface area contributed by atoms with Crippen molar-refractivity contribution in [2.75, 3.05) is 10.6 Å². The molecule has 0 aliphatic heterocycles. The molecule has 0 unspecified atom stereocenters. The number of alkyl halides is 3. The summed E-state index contributed by atoms with van der Waals surface area (Å²) in [6.45, 7) is 7.44. The zero-order valence-corrected chi connectivity index (χ0v) is 16.4. The minimum absolute atomic E-state index is 0.172. The number of halogens is 3. The third kappa shape index (κ3) is 5.46. The van der Waals surface area contributed by atoms with Crippen LogP contribution in [0.4, 0.5) is 30.2 Å². The average molecular weight is 409 g/mol. The summed E-state index contributed by atoms with van der Waals surface area (Å²) >= 11 is 0. The van der Waals surface area contributed by atoms with Gasteiger partial charge in [0, 0.05) is 11.8 Å². The Morgan fingerprint density at radius 2 is 1.69 bits per heavy atom. The molecule has 6 nitrogen and oxygen atoms in total. The van der Waals surface area contributed by atoms with Crippen LogP contribution in [0.1, 0.15) is 38.8 Å². The fourth-order valence-corrected chi connectivity index (χ4v) is 2.77. The summed E-state index contributed by atoms with van der Waals surface area (Å²) in [7, 11) is 0. The van der Waals surface area contributed by atoms with E-state index in [-0.39, 0.29) is 11.1 Å². The van der Waals surface area contributed by atoms with E-state index in [9.17, 15) is 28.1 Å². The van der Waals surface area contributed by atoms with Crippen LogP contribution in [0.5, 0.6) is 0 Å². The van der Waals surface area contributed by atoms with Gasteiger partial charge in [0.05, 0.1) is 10.5 Å². The maximum absolute atomic E-state index is 12.8. The number of rotatable bonds is 5. The van der Waals surface area contributed by atoms with Crippen LogP contribution in [-0.4, -0.2) is 16.9 Å². The first kappa shape index (κ1) is 22.2. The molecule has 0 radical (unpaired) electrons. The first-order valence-electron chi connectivity index (χ1n) is 8.83. The van der Waals surface area contributed by atoms with Gasteiger partial charge in [-0.15, -0.1) is 0 Å². The van der Waals surface area contributed by atoms with E-state index in [0.29, 0.717) is 11.8 Å². The number of carbonyl (C=O) groups is 1. The van der Waals surface area contributed by atoms with E-state index < -0.39 is 34.3 Å². The first-order valence-corrected chi connectivity index (χ1v) is 8.83. The summed E-state index contributed by atoms with van der Waals surface area (Å²) in [5, 5.41) is 16.6. The molecule has 2 N–H and O–H groups in total. The summed E-state index contributed by atoms with van der Waals surface area (Å²) in [4.78, 5) is 22.9. The van der Waals surface area contributed by atoms with Crippen LogP contribution in [0.2, 0.25) is 0 Å². The smallest absolute Gasteiger partial charge is 0.368 e. The van der Waals surface area contributed by atoms with Crippen LogP contribution < -0.4 is 10.6 Å². The molecule has 0 bridgehead atoms. The van der Waals surface area contributed by atoms with Gasteiger partial charge in [-0.2, -0.15) is 13.2 Å². The summed E-state index contributed by atoms with van der Waals surface area (Å²) in [5.74, 6) is -0.476. The van der Waals surface area contributed by atoms with Gasteiger partial charge >= 0.3 is 6.18 Å². The first-order chi connectivity index (χ1) is 13.3. The second-order valence-electron chi connectivity index (χ2n) is 7.64. The Morgan fingerprint density at radius 3 is 2.24 bits per heavy atom. The summed E-state index contributed by atoms with van der Waals surface area (Å²) in [5.41, 5.74) is -0.788. The van der Waals surface area contributed by atoms with Crippen LogP contribution in [0, 0.1) is 10.1 Å². The highest BCUT2D eigenvalue weighted by Gasteiger charge is 2.33. The molecule has 0 aliphatic rings. The Bertz CT molecular complexity index is 921. The zero-order chi connectivity index (χ0) is 22.0. The second kappa shape index (κ2) is 8.10. The largest absolute Gasteiger partial charge is 0.416 e. The number of nitro benzene ring substituents is 1. The molecular weight excluding hydrogens is 387 g/mol. The van der Waals surface area contributed by atoms with Crippen LogP contribution in [0.25, 0.3) is 0 Å². The number of hydrogen-bond donors (Lipinski definition) is 2. The number of carbonyl (C=O) groups excluding carboxylic acids is 1. The van der Waals surface area contributed by atoms with Crippen molar-refractivity contribution in [2.24, 2.45) is 0 Å². The molecule has 2 aromatic rings. The average Bonchev–Trinajstić information content (AvgIpc) is 2.60. The van der Waals surface area contributed by atoms with E-state index in [4.69, 9.17) is 0 Å². The van der Waals surface area contributed by atoms with E-state index in [1.807, 2.05) is 32.9 Å². The normalized spacial score (nSPS) is 12.9. The Labute approximate surface area is 166 Å². The second-order valence-corrected chi connectivity index (χ2v) is 7.64. The number of amides is 1. The third-order valence-corrected chi connectivity index (χ3v) is 4.28. The molecule has 2 rings (SSSR count). The van der Waals surface area contributed by atoms with Gasteiger partial charge < -0.3 is 10.6 Å². The highest BCUT2D eigenvalue weighted by Crippen LogP contribution is 2.35. The molecule has 0 saturated heterocycles. The van der Waals surface area contributed by atoms with Crippen molar-refractivity contribution >= 4 is 23.0 Å². The topological polar surface area (TPSA) is 84.3 Å². The predicted octanol–water partition coefficient (Wildman–Crippen LogP) is 5.35. The maximum atomic E-state index is 12.8. The molecule has 1 amide bonds. The molecule has 1 atom stereocenters. The standard InChI is InChI=1S/C20H22F3N3O3/c1-12(18(27)25-15-8-6-5-7-14(15)19(2,3)4)24-16-10-9-13(20(21,22)23)11-17(16)26(28)29/h5-12,24H,1-4H3,(H,25,27)/t12-/m0/s1. The van der Waals surface area contributed by atoms with Gasteiger partial charge in [0.15, 0.2) is 0 Å². The summed E-state index contributed by atoms with van der Waals surface area (Å²) in [6.07, 6.45) is -4.71. The van der Waals surface area contributed by atoms with Crippen molar-refractivity contribution in [3.8, 4) is 0 Å². The molecule has 0 fully saturated rings. The van der Waals surface area contributed by atoms with Crippen molar-refractivity contribution in [3.05, 3.63) is 63.7 Å². The minimum Gasteiger partial charge on any atom is -0.368 e. The van der Waals surface area contributed by atoms with Crippen molar-refractivity contribution < 1.29 is 22.9 Å². The zero-order valence-electron chi connectivity index (χ0n) is 16.4. The van der Waals surface area contributed by atoms with Crippen LogP contribution in [0.15, 0.2) is 42.5 Å². The Hall–Kier alpha value is -3.10. The quantitative estimate of drug-likeness (QED) is 0.515. The molecule has 0 saturated carbocycles. The van der Waals surface area contributed by atoms with E-state index in [2.05, 4.69) is 10.6 Å². The van der Waals surface area contributed by atoms with Gasteiger partial charge in [-0.3, -0.25) is 14.9 Å². The SMILES string of the molecule is C[C@H](Nc1ccc(C(F)(F)F)cc1[N+](=O)[O-])C(=O)Nc1ccccc1C(C)(C)C. The van der Waals surface area contributed by atoms with Crippen molar-refractivity contribution in [1.29, 1.82) is 0 Å². The van der Waals surface area contributed by atoms with Crippen molar-refractivity contribution in [2.45, 2.75) is 45.3 Å². The highest BCUT2D eigenvalue weighted by molar-refractivity contribution is 5.97. The van der Waals surface area contributed by atoms with Gasteiger partial charge in [0.2, 0.25) is 5.91 Å². The number of benzene rings is 2. The van der Waals surface area contributed by atoms with Crippen LogP contribution in [0.3, 0.4) is 0 Å². The third-order valence-electron chi connectivity index (χ3n) is 4.28. The molecular formula is C20H22F3N3O3. The van der Waals surface area contributed by atoms with Gasteiger partial charge in [-0.1, -0.05) is 39.0 Å². The lowest BCUT2D eigenvalue weighted by Crippen LogP contribution is -2.33. The summed E-state index contributed by atoms with van der Waals surface area (Å²) < 4.78 is 38.5. The minimum atomic E-state index is -4.71. The number of nitrogens with one attached hydrogen (secondary N) is 2. The lowest BCUT2D eigenvalue weighted by molar-refractivity contribution is -0.384. The number of anilines is 2. The molecule has 9 heteroatoms. The monoisotopic (exact) mass is 409 g/mol. The van der Waals surface area contributed by atoms with Gasteiger partial charge in [0.25, 0.3) is 5.69 Å². The predicted molar refractivity (Wildman–Crippen MR) is 105 cm³/mol. The van der Waals surface area contributed by atoms with Gasteiger partial charge in [-0.05, 0) is 36.1 Å². The maximum Gasteiger partial charge on any atom is 0.416 e. The van der Waals surface area contributed by atoms with Gasteiger partial charge in [-0.25, -0.2) is 0 Å². The Morgan fingerprint density at radius 1 is 1.07 bits per heavy atom. The van der Waals surface area contributed by atoms with E-state index in [1.165, 1.54) is 6.92 Å². The lowest BCUT2D eigenvalue weighted by Gasteiger charge is -2.24. The number of nitro groups is 1. The molecule has 0 heterocycles. The summed E-state index contributed by atoms with van der Waals surface area (Å²) in [6, 6.07) is 8.44. The number of para-hydroxylation sites is 1. The highest BCUT2D eigenvalue weighted by atomic mass is 19.4. The van der Waals surface area contributed by atoms with Crippen LogP contribution in [-0.2, 0) is 16.4 Å². The van der Waals surface area contributed by atoms with Gasteiger partial charge in [0.1, 0.15) is 11.7 Å². The van der Waals surface area contributed by atoms with Crippen molar-refractivity contribution in [1.82, 2.24) is 0 Å². The molecule has 0 aliphatic carbocycles. The molecule has 156 valence electrons. The molecule has 29 heavy (non-hydrogen) atoms. The Kier molecular flexibility index (Phi) is 6.20. The molecule has 2 aromatic carbocycles. The van der Waals surface area contributed by atoms with E-state index in [1.54, 1.807) is 12.1 Å². The Balaban J connectivity index is 2.24. The fourth-order valence-electron chi connectivity index (χ4n) is 2.77. The molecule has 0 aromatic heterocycles. The van der Waals surface area contributed by atoms with Crippen molar-refractivity contribution in [3.63, 3.8) is 0 Å². The fraction of sp³-hybridized carbons (Fsp3) is 0.350. The molecule has 0 spiro atoms. The van der Waals surface area contributed by atoms with E-state index >= 15 is 0 Å². The van der Waals surface area contributed by atoms with Crippen LogP contribution >= 0.6 is 0 Å². The lowest BCUT2D eigenvalue weighted by atomic mass is 9.86. The number of hydrogen-bond acceptors (Lipinski definition) is 4.